The second kappa shape index (κ2) is 13.2. The molecule has 1 N–H and O–H groups in total. The normalized spacial score (nSPS) is 11.3. The van der Waals surface area contributed by atoms with Gasteiger partial charge in [0.1, 0.15) is 0 Å². The zero-order valence-electron chi connectivity index (χ0n) is 12.7. The quantitative estimate of drug-likeness (QED) is 0.328. The van der Waals surface area contributed by atoms with Crippen LogP contribution in [-0.4, -0.2) is 24.3 Å². The van der Waals surface area contributed by atoms with E-state index in [1.165, 1.54) is 64.2 Å². The van der Waals surface area contributed by atoms with Crippen LogP contribution in [0.25, 0.3) is 0 Å². The van der Waals surface area contributed by atoms with Crippen molar-refractivity contribution in [1.29, 1.82) is 0 Å². The van der Waals surface area contributed by atoms with Crippen LogP contribution in [0.3, 0.4) is 0 Å². The first-order valence-electron chi connectivity index (χ1n) is 7.36. The van der Waals surface area contributed by atoms with Crippen molar-refractivity contribution in [3.05, 3.63) is 0 Å². The van der Waals surface area contributed by atoms with Gasteiger partial charge in [0.2, 0.25) is 0 Å². The Labute approximate surface area is 114 Å². The fraction of sp³-hybridized carbons (Fsp3) is 1.00. The van der Waals surface area contributed by atoms with Gasteiger partial charge in [-0.2, -0.15) is 0 Å². The minimum atomic E-state index is -1.31. The van der Waals surface area contributed by atoms with E-state index in [0.29, 0.717) is 0 Å². The Bertz CT molecular complexity index is 140. The maximum absolute atomic E-state index is 2.55. The van der Waals surface area contributed by atoms with Crippen molar-refractivity contribution in [2.75, 3.05) is 0 Å². The average Bonchev–Trinajstić information content (AvgIpc) is 2.19. The molecule has 0 unspecified atom stereocenters. The maximum Gasteiger partial charge on any atom is -0.870 e. The molecule has 0 rings (SSSR count). The minimum Gasteiger partial charge on any atom is -0.870 e. The van der Waals surface area contributed by atoms with Gasteiger partial charge >= 0.3 is 109 Å². The molecule has 0 aliphatic carbocycles. The Kier molecular flexibility index (Phi) is 15.6. The molecule has 0 saturated carbocycles. The summed E-state index contributed by atoms with van der Waals surface area (Å²) in [4.78, 5) is 7.64. The summed E-state index contributed by atoms with van der Waals surface area (Å²) in [5.74, 6) is 0. The molecule has 0 aromatic rings. The number of hydrogen-bond acceptors (Lipinski definition) is 1. The van der Waals surface area contributed by atoms with E-state index in [1.54, 1.807) is 4.37 Å². The largest absolute Gasteiger partial charge is 0.870 e. The van der Waals surface area contributed by atoms with Crippen molar-refractivity contribution >= 4 is 18.8 Å². The molecule has 17 heavy (non-hydrogen) atoms. The first-order chi connectivity index (χ1) is 7.56. The first kappa shape index (κ1) is 20.1. The van der Waals surface area contributed by atoms with Gasteiger partial charge in [-0.05, 0) is 0 Å². The van der Waals surface area contributed by atoms with Gasteiger partial charge in [-0.25, -0.2) is 0 Å². The van der Waals surface area contributed by atoms with Gasteiger partial charge in [-0.1, -0.05) is 0 Å². The van der Waals surface area contributed by atoms with Crippen LogP contribution in [0.2, 0.25) is 19.0 Å². The van der Waals surface area contributed by atoms with Crippen LogP contribution in [-0.2, 0) is 0 Å². The molecule has 0 saturated heterocycles. The molecule has 106 valence electrons. The van der Waals surface area contributed by atoms with Crippen LogP contribution in [0.1, 0.15) is 71.1 Å². The second-order valence-corrected chi connectivity index (χ2v) is 20.5. The van der Waals surface area contributed by atoms with Crippen molar-refractivity contribution in [3.8, 4) is 0 Å². The van der Waals surface area contributed by atoms with Gasteiger partial charge in [0.05, 0.1) is 0 Å². The summed E-state index contributed by atoms with van der Waals surface area (Å²) in [7, 11) is 0. The molecule has 0 amide bonds. The van der Waals surface area contributed by atoms with E-state index in [0.717, 1.165) is 0 Å². The fourth-order valence-electron chi connectivity index (χ4n) is 2.07. The minimum absolute atomic E-state index is 0. The monoisotopic (exact) mass is 352 g/mol. The zero-order valence-corrected chi connectivity index (χ0v) is 15.2. The molecular formula is C15H35OSb. The van der Waals surface area contributed by atoms with Crippen LogP contribution in [0.4, 0.5) is 0 Å². The molecule has 0 heterocycles. The van der Waals surface area contributed by atoms with E-state index in [9.17, 15) is 0 Å². The standard InChI is InChI=1S/C12H25.3CH3.H2O.Sb/c1-3-5-7-9-11-12-10-8-6-4-2;;;;;/h1,3-12H2,2H3;3*1H3;1H2;/q;;;;;+1/p-1. The molecule has 0 aromatic carbocycles. The average molecular weight is 353 g/mol. The first-order valence-corrected chi connectivity index (χ1v) is 16.8. The van der Waals surface area contributed by atoms with Crippen LogP contribution >= 0.6 is 0 Å². The third kappa shape index (κ3) is 19.3. The fourth-order valence-corrected chi connectivity index (χ4v) is 5.42. The van der Waals surface area contributed by atoms with Gasteiger partial charge < -0.3 is 5.48 Å². The van der Waals surface area contributed by atoms with Gasteiger partial charge in [0.25, 0.3) is 0 Å². The molecule has 1 nitrogen and oxygen atoms in total. The van der Waals surface area contributed by atoms with E-state index in [2.05, 4.69) is 21.5 Å². The molecule has 0 aliphatic rings. The number of rotatable bonds is 11. The molecule has 0 radical (unpaired) electrons. The van der Waals surface area contributed by atoms with Crippen LogP contribution < -0.4 is 0 Å². The van der Waals surface area contributed by atoms with Crippen LogP contribution in [0, 0.1) is 0 Å². The summed E-state index contributed by atoms with van der Waals surface area (Å²) in [6.07, 6.45) is 14.7. The van der Waals surface area contributed by atoms with E-state index in [1.807, 2.05) is 0 Å². The van der Waals surface area contributed by atoms with Crippen molar-refractivity contribution < 1.29 is 5.48 Å². The van der Waals surface area contributed by atoms with E-state index in [-0.39, 0.29) is 5.48 Å². The van der Waals surface area contributed by atoms with Gasteiger partial charge in [0, 0.05) is 0 Å². The van der Waals surface area contributed by atoms with E-state index >= 15 is 0 Å². The Morgan fingerprint density at radius 2 is 0.941 bits per heavy atom. The van der Waals surface area contributed by atoms with Crippen LogP contribution in [0.15, 0.2) is 0 Å². The molecular weight excluding hydrogens is 318 g/mol. The predicted octanol–water partition coefficient (Wildman–Crippen LogP) is 6.07. The maximum atomic E-state index is 2.55. The molecule has 0 spiro atoms. The second-order valence-electron chi connectivity index (χ2n) is 6.20. The summed E-state index contributed by atoms with van der Waals surface area (Å²) in [5, 5.41) is 0. The molecule has 0 bridgehead atoms. The zero-order chi connectivity index (χ0) is 12.3. The Hall–Kier alpha value is 0.778. The van der Waals surface area contributed by atoms with Crippen molar-refractivity contribution in [3.63, 3.8) is 0 Å². The van der Waals surface area contributed by atoms with Gasteiger partial charge in [-0.3, -0.25) is 0 Å². The summed E-state index contributed by atoms with van der Waals surface area (Å²) in [6, 6.07) is 0. The van der Waals surface area contributed by atoms with Gasteiger partial charge in [-0.15, -0.1) is 0 Å². The van der Waals surface area contributed by atoms with Crippen LogP contribution in [0.5, 0.6) is 0 Å². The van der Waals surface area contributed by atoms with Crippen molar-refractivity contribution in [2.24, 2.45) is 0 Å². The molecule has 2 heteroatoms. The van der Waals surface area contributed by atoms with E-state index < -0.39 is 18.8 Å². The summed E-state index contributed by atoms with van der Waals surface area (Å²) in [5.41, 5.74) is 0. The number of unbranched alkanes of at least 4 members (excludes halogenated alkanes) is 9. The third-order valence-corrected chi connectivity index (χ3v) is 7.91. The molecule has 0 atom stereocenters. The predicted molar refractivity (Wildman–Crippen MR) is 81.9 cm³/mol. The third-order valence-electron chi connectivity index (χ3n) is 3.18. The number of hydrogen-bond donors (Lipinski definition) is 0. The van der Waals surface area contributed by atoms with Crippen molar-refractivity contribution in [1.82, 2.24) is 0 Å². The summed E-state index contributed by atoms with van der Waals surface area (Å²) < 4.78 is 1.59. The SMILES string of the molecule is CCCCCCCCCCC[CH2][Sb+]([CH3])([CH3])[CH3].[OH-]. The summed E-state index contributed by atoms with van der Waals surface area (Å²) in [6.45, 7) is 2.29. The van der Waals surface area contributed by atoms with Gasteiger partial charge in [0.15, 0.2) is 0 Å². The smallest absolute Gasteiger partial charge is 0.870 e. The van der Waals surface area contributed by atoms with E-state index in [4.69, 9.17) is 0 Å². The Balaban J connectivity index is 0. The molecule has 0 aromatic heterocycles. The Morgan fingerprint density at radius 1 is 0.588 bits per heavy atom. The summed E-state index contributed by atoms with van der Waals surface area (Å²) >= 11 is -1.31. The van der Waals surface area contributed by atoms with Crippen molar-refractivity contribution in [2.45, 2.75) is 90.1 Å². The Morgan fingerprint density at radius 3 is 1.29 bits per heavy atom. The molecule has 0 aliphatic heterocycles. The topological polar surface area (TPSA) is 30.0 Å². The molecule has 0 fully saturated rings.